The minimum atomic E-state index is -3.38. The van der Waals surface area contributed by atoms with Crippen LogP contribution in [0.5, 0.6) is 0 Å². The van der Waals surface area contributed by atoms with E-state index in [1.807, 2.05) is 6.07 Å². The van der Waals surface area contributed by atoms with Crippen molar-refractivity contribution in [3.8, 4) is 6.07 Å². The second-order valence-electron chi connectivity index (χ2n) is 2.97. The van der Waals surface area contributed by atoms with E-state index < -0.39 is 16.0 Å². The Kier molecular flexibility index (Phi) is 6.66. The van der Waals surface area contributed by atoms with E-state index in [2.05, 4.69) is 4.72 Å². The molecule has 7 heteroatoms. The summed E-state index contributed by atoms with van der Waals surface area (Å²) in [5, 5.41) is 16.5. The molecule has 2 N–H and O–H groups in total. The van der Waals surface area contributed by atoms with E-state index in [0.29, 0.717) is 19.3 Å². The number of carboxylic acids is 1. The first-order valence-corrected chi connectivity index (χ1v) is 6.19. The maximum Gasteiger partial charge on any atom is 0.304 e. The van der Waals surface area contributed by atoms with Crippen LogP contribution >= 0.6 is 0 Å². The van der Waals surface area contributed by atoms with Gasteiger partial charge in [-0.3, -0.25) is 4.79 Å². The Bertz CT molecular complexity index is 331. The largest absolute Gasteiger partial charge is 0.481 e. The summed E-state index contributed by atoms with van der Waals surface area (Å²) in [6, 6.07) is 1.92. The number of unbranched alkanes of at least 4 members (excludes halogenated alkanes) is 2. The van der Waals surface area contributed by atoms with Gasteiger partial charge in [-0.15, -0.1) is 0 Å². The zero-order valence-corrected chi connectivity index (χ0v) is 9.09. The van der Waals surface area contributed by atoms with Crippen LogP contribution in [0, 0.1) is 11.3 Å². The van der Waals surface area contributed by atoms with Crippen molar-refractivity contribution in [2.75, 3.05) is 12.3 Å². The van der Waals surface area contributed by atoms with Crippen molar-refractivity contribution in [2.45, 2.75) is 25.7 Å². The number of carbonyl (C=O) groups is 1. The maximum atomic E-state index is 11.2. The molecule has 0 unspecified atom stereocenters. The van der Waals surface area contributed by atoms with Crippen molar-refractivity contribution in [3.63, 3.8) is 0 Å². The first-order valence-electron chi connectivity index (χ1n) is 4.54. The standard InChI is InChI=1S/C8H14N2O4S/c9-5-2-1-3-7-15(13,14)10-6-4-8(11)12/h10H,1-4,6-7H2,(H,11,12). The molecule has 86 valence electrons. The van der Waals surface area contributed by atoms with Gasteiger partial charge in [0.1, 0.15) is 0 Å². The first-order chi connectivity index (χ1) is 6.98. The minimum absolute atomic E-state index is 0.0612. The van der Waals surface area contributed by atoms with E-state index in [4.69, 9.17) is 10.4 Å². The van der Waals surface area contributed by atoms with E-state index in [-0.39, 0.29) is 18.7 Å². The Balaban J connectivity index is 3.69. The molecule has 0 aliphatic rings. The van der Waals surface area contributed by atoms with Gasteiger partial charge in [-0.25, -0.2) is 13.1 Å². The number of nitriles is 1. The number of rotatable bonds is 8. The van der Waals surface area contributed by atoms with Crippen LogP contribution in [0.2, 0.25) is 0 Å². The number of hydrogen-bond acceptors (Lipinski definition) is 4. The lowest BCUT2D eigenvalue weighted by molar-refractivity contribution is -0.136. The fraction of sp³-hybridized carbons (Fsp3) is 0.750. The van der Waals surface area contributed by atoms with E-state index in [1.54, 1.807) is 0 Å². The van der Waals surface area contributed by atoms with Crippen LogP contribution in [0.15, 0.2) is 0 Å². The average Bonchev–Trinajstić information content (AvgIpc) is 2.11. The summed E-state index contributed by atoms with van der Waals surface area (Å²) in [5.74, 6) is -1.10. The number of aliphatic carboxylic acids is 1. The van der Waals surface area contributed by atoms with Gasteiger partial charge in [-0.1, -0.05) is 0 Å². The third-order valence-corrected chi connectivity index (χ3v) is 3.08. The Labute approximate surface area is 89.0 Å². The molecule has 0 aromatic carbocycles. The summed E-state index contributed by atoms with van der Waals surface area (Å²) in [4.78, 5) is 10.1. The van der Waals surface area contributed by atoms with Crippen LogP contribution in [0.3, 0.4) is 0 Å². The molecular weight excluding hydrogens is 220 g/mol. The highest BCUT2D eigenvalue weighted by atomic mass is 32.2. The Morgan fingerprint density at radius 3 is 2.60 bits per heavy atom. The van der Waals surface area contributed by atoms with Crippen molar-refractivity contribution in [3.05, 3.63) is 0 Å². The van der Waals surface area contributed by atoms with Gasteiger partial charge in [-0.2, -0.15) is 5.26 Å². The molecule has 0 saturated carbocycles. The highest BCUT2D eigenvalue weighted by Gasteiger charge is 2.09. The van der Waals surface area contributed by atoms with Crippen LogP contribution in [0.4, 0.5) is 0 Å². The van der Waals surface area contributed by atoms with Crippen LogP contribution in [-0.4, -0.2) is 31.8 Å². The van der Waals surface area contributed by atoms with Crippen LogP contribution < -0.4 is 4.72 Å². The van der Waals surface area contributed by atoms with Crippen molar-refractivity contribution >= 4 is 16.0 Å². The zero-order valence-electron chi connectivity index (χ0n) is 8.27. The van der Waals surface area contributed by atoms with Gasteiger partial charge in [0.2, 0.25) is 10.0 Å². The molecule has 0 fully saturated rings. The Hall–Kier alpha value is -1.13. The smallest absolute Gasteiger partial charge is 0.304 e. The normalized spacial score (nSPS) is 10.9. The fourth-order valence-electron chi connectivity index (χ4n) is 0.882. The fourth-order valence-corrected chi connectivity index (χ4v) is 2.02. The zero-order chi connectivity index (χ0) is 11.7. The number of sulfonamides is 1. The molecule has 0 bridgehead atoms. The molecule has 6 nitrogen and oxygen atoms in total. The number of nitrogens with one attached hydrogen (secondary N) is 1. The number of carboxylic acid groups (broad SMARTS) is 1. The third kappa shape index (κ3) is 9.18. The molecule has 15 heavy (non-hydrogen) atoms. The molecular formula is C8H14N2O4S. The predicted molar refractivity (Wildman–Crippen MR) is 53.5 cm³/mol. The molecule has 0 atom stereocenters. The maximum absolute atomic E-state index is 11.2. The number of hydrogen-bond donors (Lipinski definition) is 2. The summed E-state index contributed by atoms with van der Waals surface area (Å²) in [5.41, 5.74) is 0. The van der Waals surface area contributed by atoms with Gasteiger partial charge in [0, 0.05) is 13.0 Å². The van der Waals surface area contributed by atoms with Gasteiger partial charge in [0.05, 0.1) is 18.2 Å². The SMILES string of the molecule is N#CCCCCS(=O)(=O)NCCC(=O)O. The second kappa shape index (κ2) is 7.20. The third-order valence-electron chi connectivity index (χ3n) is 1.61. The van der Waals surface area contributed by atoms with E-state index in [9.17, 15) is 13.2 Å². The van der Waals surface area contributed by atoms with Crippen molar-refractivity contribution in [2.24, 2.45) is 0 Å². The predicted octanol–water partition coefficient (Wildman–Crippen LogP) is 0.0744. The highest BCUT2D eigenvalue weighted by molar-refractivity contribution is 7.89. The minimum Gasteiger partial charge on any atom is -0.481 e. The average molecular weight is 234 g/mol. The molecule has 0 aromatic rings. The molecule has 0 radical (unpaired) electrons. The summed E-state index contributed by atoms with van der Waals surface area (Å²) in [6.07, 6.45) is 1.06. The lowest BCUT2D eigenvalue weighted by atomic mass is 10.3. The van der Waals surface area contributed by atoms with Gasteiger partial charge in [0.15, 0.2) is 0 Å². The Morgan fingerprint density at radius 2 is 2.07 bits per heavy atom. The van der Waals surface area contributed by atoms with Crippen molar-refractivity contribution in [1.29, 1.82) is 5.26 Å². The van der Waals surface area contributed by atoms with E-state index in [1.165, 1.54) is 0 Å². The quantitative estimate of drug-likeness (QED) is 0.578. The summed E-state index contributed by atoms with van der Waals surface area (Å²) < 4.78 is 24.6. The lowest BCUT2D eigenvalue weighted by Gasteiger charge is -2.03. The second-order valence-corrected chi connectivity index (χ2v) is 4.90. The summed E-state index contributed by atoms with van der Waals surface area (Å²) in [7, 11) is -3.38. The molecule has 0 aromatic heterocycles. The van der Waals surface area contributed by atoms with Gasteiger partial charge < -0.3 is 5.11 Å². The Morgan fingerprint density at radius 1 is 1.40 bits per heavy atom. The molecule has 0 spiro atoms. The van der Waals surface area contributed by atoms with E-state index >= 15 is 0 Å². The van der Waals surface area contributed by atoms with Crippen LogP contribution in [0.1, 0.15) is 25.7 Å². The van der Waals surface area contributed by atoms with E-state index in [0.717, 1.165) is 0 Å². The van der Waals surface area contributed by atoms with Crippen LogP contribution in [-0.2, 0) is 14.8 Å². The van der Waals surface area contributed by atoms with Gasteiger partial charge in [-0.05, 0) is 12.8 Å². The number of nitrogens with zero attached hydrogens (tertiary/aromatic N) is 1. The molecule has 0 saturated heterocycles. The van der Waals surface area contributed by atoms with Gasteiger partial charge in [0.25, 0.3) is 0 Å². The summed E-state index contributed by atoms with van der Waals surface area (Å²) in [6.45, 7) is -0.0874. The molecule has 0 rings (SSSR count). The molecule has 0 aliphatic heterocycles. The monoisotopic (exact) mass is 234 g/mol. The van der Waals surface area contributed by atoms with Crippen molar-refractivity contribution < 1.29 is 18.3 Å². The lowest BCUT2D eigenvalue weighted by Crippen LogP contribution is -2.28. The topological polar surface area (TPSA) is 107 Å². The summed E-state index contributed by atoms with van der Waals surface area (Å²) >= 11 is 0. The highest BCUT2D eigenvalue weighted by Crippen LogP contribution is 1.97. The van der Waals surface area contributed by atoms with Gasteiger partial charge >= 0.3 is 5.97 Å². The molecule has 0 heterocycles. The van der Waals surface area contributed by atoms with Crippen molar-refractivity contribution in [1.82, 2.24) is 4.72 Å². The molecule has 0 amide bonds. The van der Waals surface area contributed by atoms with Crippen LogP contribution in [0.25, 0.3) is 0 Å². The molecule has 0 aliphatic carbocycles. The first kappa shape index (κ1) is 13.9.